The monoisotopic (exact) mass is 240 g/mol. The number of aryl methyl sites for hydroxylation is 1. The van der Waals surface area contributed by atoms with Crippen LogP contribution >= 0.6 is 0 Å². The van der Waals surface area contributed by atoms with Gasteiger partial charge in [-0.2, -0.15) is 0 Å². The average molecular weight is 240 g/mol. The van der Waals surface area contributed by atoms with Crippen LogP contribution in [0, 0.1) is 6.92 Å². The Morgan fingerprint density at radius 2 is 1.83 bits per heavy atom. The lowest BCUT2D eigenvalue weighted by molar-refractivity contribution is -0.107. The lowest BCUT2D eigenvalue weighted by Gasteiger charge is -2.13. The van der Waals surface area contributed by atoms with Crippen molar-refractivity contribution in [2.24, 2.45) is 0 Å². The number of carbonyl (C=O) groups is 1. The van der Waals surface area contributed by atoms with Gasteiger partial charge in [0.2, 0.25) is 0 Å². The standard InChI is InChI=1S/C16H16O2/c1-12-13(8-5-11-17)9-10-15(18)16(12)14-6-3-2-4-7-14/h2-4,6-7,9-11,18H,5,8H2,1H3. The van der Waals surface area contributed by atoms with E-state index in [4.69, 9.17) is 0 Å². The van der Waals surface area contributed by atoms with Crippen molar-refractivity contribution in [3.8, 4) is 16.9 Å². The van der Waals surface area contributed by atoms with Crippen LogP contribution in [-0.2, 0) is 11.2 Å². The van der Waals surface area contributed by atoms with Crippen LogP contribution in [0.25, 0.3) is 11.1 Å². The van der Waals surface area contributed by atoms with E-state index in [-0.39, 0.29) is 5.75 Å². The topological polar surface area (TPSA) is 37.3 Å². The molecule has 0 aliphatic heterocycles. The Morgan fingerprint density at radius 1 is 1.11 bits per heavy atom. The molecule has 2 aromatic rings. The molecule has 0 atom stereocenters. The molecular weight excluding hydrogens is 224 g/mol. The van der Waals surface area contributed by atoms with Gasteiger partial charge in [-0.15, -0.1) is 0 Å². The van der Waals surface area contributed by atoms with Gasteiger partial charge in [-0.1, -0.05) is 36.4 Å². The summed E-state index contributed by atoms with van der Waals surface area (Å²) in [6, 6.07) is 13.4. The van der Waals surface area contributed by atoms with E-state index < -0.39 is 0 Å². The van der Waals surface area contributed by atoms with Gasteiger partial charge < -0.3 is 9.90 Å². The minimum atomic E-state index is 0.286. The number of phenols is 1. The van der Waals surface area contributed by atoms with E-state index in [0.29, 0.717) is 6.42 Å². The van der Waals surface area contributed by atoms with Crippen molar-refractivity contribution in [2.75, 3.05) is 0 Å². The molecule has 2 rings (SSSR count). The third kappa shape index (κ3) is 2.43. The fraction of sp³-hybridized carbons (Fsp3) is 0.188. The Kier molecular flexibility index (Phi) is 3.78. The summed E-state index contributed by atoms with van der Waals surface area (Å²) in [6.45, 7) is 1.99. The molecule has 0 aliphatic carbocycles. The summed E-state index contributed by atoms with van der Waals surface area (Å²) >= 11 is 0. The van der Waals surface area contributed by atoms with E-state index in [2.05, 4.69) is 0 Å². The summed E-state index contributed by atoms with van der Waals surface area (Å²) in [5.41, 5.74) is 4.02. The molecule has 18 heavy (non-hydrogen) atoms. The molecule has 0 spiro atoms. The Hall–Kier alpha value is -2.09. The Bertz CT molecular complexity index is 545. The van der Waals surface area contributed by atoms with Gasteiger partial charge in [-0.25, -0.2) is 0 Å². The molecule has 0 bridgehead atoms. The van der Waals surface area contributed by atoms with Gasteiger partial charge in [0.15, 0.2) is 0 Å². The Balaban J connectivity index is 2.49. The summed E-state index contributed by atoms with van der Waals surface area (Å²) < 4.78 is 0. The summed E-state index contributed by atoms with van der Waals surface area (Å²) in [6.07, 6.45) is 2.16. The van der Waals surface area contributed by atoms with Crippen molar-refractivity contribution in [3.63, 3.8) is 0 Å². The van der Waals surface area contributed by atoms with E-state index in [1.54, 1.807) is 6.07 Å². The second-order valence-corrected chi connectivity index (χ2v) is 4.32. The highest BCUT2D eigenvalue weighted by Gasteiger charge is 2.10. The van der Waals surface area contributed by atoms with Crippen molar-refractivity contribution < 1.29 is 9.90 Å². The highest BCUT2D eigenvalue weighted by molar-refractivity contribution is 5.74. The average Bonchev–Trinajstić information content (AvgIpc) is 2.39. The molecular formula is C16H16O2. The molecule has 0 unspecified atom stereocenters. The highest BCUT2D eigenvalue weighted by atomic mass is 16.3. The number of aromatic hydroxyl groups is 1. The lowest BCUT2D eigenvalue weighted by atomic mass is 9.93. The minimum absolute atomic E-state index is 0.286. The fourth-order valence-electron chi connectivity index (χ4n) is 2.19. The molecule has 0 aliphatic rings. The normalized spacial score (nSPS) is 10.3. The van der Waals surface area contributed by atoms with Crippen molar-refractivity contribution >= 4 is 6.29 Å². The van der Waals surface area contributed by atoms with Crippen LogP contribution in [0.5, 0.6) is 5.75 Å². The molecule has 0 fully saturated rings. The van der Waals surface area contributed by atoms with Crippen molar-refractivity contribution in [2.45, 2.75) is 19.8 Å². The van der Waals surface area contributed by atoms with Gasteiger partial charge in [-0.3, -0.25) is 0 Å². The molecule has 0 aromatic heterocycles. The lowest BCUT2D eigenvalue weighted by Crippen LogP contribution is -1.94. The highest BCUT2D eigenvalue weighted by Crippen LogP contribution is 2.34. The summed E-state index contributed by atoms with van der Waals surface area (Å²) in [5.74, 6) is 0.286. The maximum atomic E-state index is 10.5. The van der Waals surface area contributed by atoms with Crippen LogP contribution < -0.4 is 0 Å². The van der Waals surface area contributed by atoms with E-state index in [0.717, 1.165) is 35.0 Å². The largest absolute Gasteiger partial charge is 0.507 e. The maximum absolute atomic E-state index is 10.5. The van der Waals surface area contributed by atoms with Crippen LogP contribution in [-0.4, -0.2) is 11.4 Å². The van der Waals surface area contributed by atoms with E-state index in [1.807, 2.05) is 43.3 Å². The molecule has 0 amide bonds. The third-order valence-corrected chi connectivity index (χ3v) is 3.15. The second kappa shape index (κ2) is 5.50. The molecule has 0 heterocycles. The SMILES string of the molecule is Cc1c(CCC=O)ccc(O)c1-c1ccccc1. The van der Waals surface area contributed by atoms with Gasteiger partial charge in [0.05, 0.1) is 0 Å². The number of phenolic OH excluding ortho intramolecular Hbond substituents is 1. The molecule has 2 nitrogen and oxygen atoms in total. The molecule has 2 heteroatoms. The number of benzene rings is 2. The summed E-state index contributed by atoms with van der Waals surface area (Å²) in [7, 11) is 0. The van der Waals surface area contributed by atoms with Crippen LogP contribution in [0.2, 0.25) is 0 Å². The summed E-state index contributed by atoms with van der Waals surface area (Å²) in [4.78, 5) is 10.5. The van der Waals surface area contributed by atoms with E-state index >= 15 is 0 Å². The van der Waals surface area contributed by atoms with Gasteiger partial charge in [0.1, 0.15) is 12.0 Å². The quantitative estimate of drug-likeness (QED) is 0.830. The third-order valence-electron chi connectivity index (χ3n) is 3.15. The van der Waals surface area contributed by atoms with Crippen molar-refractivity contribution in [3.05, 3.63) is 53.6 Å². The number of rotatable bonds is 4. The zero-order chi connectivity index (χ0) is 13.0. The number of carbonyl (C=O) groups excluding carboxylic acids is 1. The van der Waals surface area contributed by atoms with Crippen LogP contribution in [0.15, 0.2) is 42.5 Å². The Morgan fingerprint density at radius 3 is 2.50 bits per heavy atom. The zero-order valence-corrected chi connectivity index (χ0v) is 10.4. The first-order valence-electron chi connectivity index (χ1n) is 6.04. The molecule has 1 N–H and O–H groups in total. The second-order valence-electron chi connectivity index (χ2n) is 4.32. The predicted molar refractivity (Wildman–Crippen MR) is 72.7 cm³/mol. The van der Waals surface area contributed by atoms with Crippen LogP contribution in [0.3, 0.4) is 0 Å². The van der Waals surface area contributed by atoms with Gasteiger partial charge in [0.25, 0.3) is 0 Å². The molecule has 0 radical (unpaired) electrons. The molecule has 0 saturated heterocycles. The zero-order valence-electron chi connectivity index (χ0n) is 10.4. The first-order valence-corrected chi connectivity index (χ1v) is 6.04. The van der Waals surface area contributed by atoms with Crippen molar-refractivity contribution in [1.29, 1.82) is 0 Å². The van der Waals surface area contributed by atoms with E-state index in [1.165, 1.54) is 0 Å². The Labute approximate surface area is 107 Å². The van der Waals surface area contributed by atoms with Crippen LogP contribution in [0.4, 0.5) is 0 Å². The van der Waals surface area contributed by atoms with Crippen molar-refractivity contribution in [1.82, 2.24) is 0 Å². The summed E-state index contributed by atoms with van der Waals surface area (Å²) in [5, 5.41) is 10.0. The predicted octanol–water partition coefficient (Wildman–Crippen LogP) is 3.50. The smallest absolute Gasteiger partial charge is 0.123 e. The van der Waals surface area contributed by atoms with Gasteiger partial charge in [0, 0.05) is 12.0 Å². The number of hydrogen-bond donors (Lipinski definition) is 1. The van der Waals surface area contributed by atoms with Gasteiger partial charge in [-0.05, 0) is 36.1 Å². The first kappa shape index (κ1) is 12.4. The maximum Gasteiger partial charge on any atom is 0.123 e. The number of aldehydes is 1. The molecule has 92 valence electrons. The first-order chi connectivity index (χ1) is 8.74. The van der Waals surface area contributed by atoms with E-state index in [9.17, 15) is 9.90 Å². The molecule has 2 aromatic carbocycles. The fourth-order valence-corrected chi connectivity index (χ4v) is 2.19. The molecule has 0 saturated carbocycles. The minimum Gasteiger partial charge on any atom is -0.507 e. The number of hydrogen-bond acceptors (Lipinski definition) is 2. The van der Waals surface area contributed by atoms with Crippen LogP contribution in [0.1, 0.15) is 17.5 Å². The van der Waals surface area contributed by atoms with Gasteiger partial charge >= 0.3 is 0 Å².